The SMILES string of the molecule is Cc1cc(N(C)C(CN)S(=O)[O-])ccc1N=C1C(C(F)(F)F)=C(C#N)c2nc(-c3ccccc3)nn21. The van der Waals surface area contributed by atoms with Crippen LogP contribution in [0, 0.1) is 18.3 Å². The fraction of sp³-hybridized carbons (Fsp3) is 0.217. The van der Waals surface area contributed by atoms with E-state index in [-0.39, 0.29) is 23.9 Å². The van der Waals surface area contributed by atoms with Crippen LogP contribution in [0.1, 0.15) is 11.4 Å². The largest absolute Gasteiger partial charge is 0.771 e. The Morgan fingerprint density at radius 3 is 2.53 bits per heavy atom. The Morgan fingerprint density at radius 1 is 1.28 bits per heavy atom. The molecule has 0 radical (unpaired) electrons. The molecule has 13 heteroatoms. The first-order valence-corrected chi connectivity index (χ1v) is 11.7. The van der Waals surface area contributed by atoms with E-state index in [0.717, 1.165) is 4.68 Å². The van der Waals surface area contributed by atoms with Gasteiger partial charge in [0.15, 0.2) is 17.5 Å². The molecule has 2 heterocycles. The van der Waals surface area contributed by atoms with Crippen LogP contribution in [0.15, 0.2) is 59.1 Å². The summed E-state index contributed by atoms with van der Waals surface area (Å²) < 4.78 is 66.0. The Bertz CT molecular complexity index is 1440. The highest BCUT2D eigenvalue weighted by molar-refractivity contribution is 7.80. The van der Waals surface area contributed by atoms with Gasteiger partial charge in [-0.05, 0) is 41.8 Å². The summed E-state index contributed by atoms with van der Waals surface area (Å²) in [5.74, 6) is -0.673. The number of hydrogen-bond donors (Lipinski definition) is 1. The van der Waals surface area contributed by atoms with E-state index in [2.05, 4.69) is 15.1 Å². The quantitative estimate of drug-likeness (QED) is 0.499. The number of hydrogen-bond acceptors (Lipinski definition) is 8. The first-order valence-electron chi connectivity index (χ1n) is 10.5. The number of alkyl halides is 3. The molecule has 186 valence electrons. The van der Waals surface area contributed by atoms with Crippen molar-refractivity contribution in [1.82, 2.24) is 14.8 Å². The second-order valence-corrected chi connectivity index (χ2v) is 8.93. The van der Waals surface area contributed by atoms with Crippen LogP contribution in [0.3, 0.4) is 0 Å². The highest BCUT2D eigenvalue weighted by Gasteiger charge is 2.47. The van der Waals surface area contributed by atoms with Crippen molar-refractivity contribution in [3.05, 3.63) is 65.5 Å². The van der Waals surface area contributed by atoms with Gasteiger partial charge in [-0.25, -0.2) is 9.98 Å². The number of rotatable bonds is 6. The van der Waals surface area contributed by atoms with E-state index >= 15 is 0 Å². The molecule has 0 amide bonds. The maximum atomic E-state index is 14.1. The van der Waals surface area contributed by atoms with Crippen molar-refractivity contribution >= 4 is 33.9 Å². The molecule has 2 unspecified atom stereocenters. The summed E-state index contributed by atoms with van der Waals surface area (Å²) in [7, 11) is 1.54. The van der Waals surface area contributed by atoms with Gasteiger partial charge in [0.1, 0.15) is 22.6 Å². The van der Waals surface area contributed by atoms with E-state index in [0.29, 0.717) is 16.8 Å². The highest BCUT2D eigenvalue weighted by Crippen LogP contribution is 2.40. The standard InChI is InChI=1S/C23H20F3N7O2S/c1-13-10-15(32(2)18(12-28)36(34)35)8-9-17(13)29-22-19(23(24,25)26)16(11-27)21-30-20(31-33(21)22)14-6-4-3-5-7-14/h3-10,18H,12,28H2,1-2H3,(H,34,35)/p-1. The van der Waals surface area contributed by atoms with Gasteiger partial charge in [0.2, 0.25) is 0 Å². The summed E-state index contributed by atoms with van der Waals surface area (Å²) >= 11 is -2.46. The van der Waals surface area contributed by atoms with Crippen LogP contribution >= 0.6 is 0 Å². The summed E-state index contributed by atoms with van der Waals surface area (Å²) in [5, 5.41) is 12.8. The maximum absolute atomic E-state index is 14.1. The third-order valence-electron chi connectivity index (χ3n) is 5.60. The molecule has 9 nitrogen and oxygen atoms in total. The Kier molecular flexibility index (Phi) is 6.77. The number of aryl methyl sites for hydroxylation is 1. The first kappa shape index (κ1) is 25.2. The van der Waals surface area contributed by atoms with Crippen LogP contribution in [0.2, 0.25) is 0 Å². The molecule has 4 rings (SSSR count). The number of fused-ring (bicyclic) bond motifs is 1. The Labute approximate surface area is 206 Å². The maximum Gasteiger partial charge on any atom is 0.421 e. The molecule has 0 fully saturated rings. The lowest BCUT2D eigenvalue weighted by molar-refractivity contribution is -0.0854. The summed E-state index contributed by atoms with van der Waals surface area (Å²) in [6.45, 7) is 1.47. The summed E-state index contributed by atoms with van der Waals surface area (Å²) in [6, 6.07) is 14.8. The zero-order valence-corrected chi connectivity index (χ0v) is 19.8. The first-order chi connectivity index (χ1) is 17.1. The van der Waals surface area contributed by atoms with Crippen molar-refractivity contribution in [2.24, 2.45) is 10.7 Å². The Balaban J connectivity index is 1.84. The molecule has 1 aromatic heterocycles. The minimum atomic E-state index is -4.89. The molecule has 3 aromatic rings. The van der Waals surface area contributed by atoms with Crippen LogP contribution in [0.5, 0.6) is 0 Å². The second kappa shape index (κ2) is 9.65. The van der Waals surface area contributed by atoms with Gasteiger partial charge in [0, 0.05) is 24.8 Å². The topological polar surface area (TPSA) is 136 Å². The smallest absolute Gasteiger partial charge is 0.421 e. The van der Waals surface area contributed by atoms with Gasteiger partial charge in [-0.2, -0.15) is 23.1 Å². The lowest BCUT2D eigenvalue weighted by Gasteiger charge is -2.30. The molecular weight excluding hydrogens is 495 g/mol. The number of anilines is 1. The number of allylic oxidation sites excluding steroid dienone is 2. The number of benzene rings is 2. The molecule has 0 saturated heterocycles. The number of aromatic nitrogens is 3. The molecule has 2 N–H and O–H groups in total. The molecule has 1 aliphatic heterocycles. The molecule has 0 spiro atoms. The van der Waals surface area contributed by atoms with Crippen molar-refractivity contribution in [2.75, 3.05) is 18.5 Å². The molecule has 0 saturated carbocycles. The lowest BCUT2D eigenvalue weighted by atomic mass is 10.1. The van der Waals surface area contributed by atoms with E-state index < -0.39 is 39.6 Å². The third kappa shape index (κ3) is 4.53. The van der Waals surface area contributed by atoms with E-state index in [9.17, 15) is 27.2 Å². The zero-order chi connectivity index (χ0) is 26.2. The molecule has 0 aliphatic carbocycles. The minimum absolute atomic E-state index is 0.148. The van der Waals surface area contributed by atoms with E-state index in [1.165, 1.54) is 17.0 Å². The summed E-state index contributed by atoms with van der Waals surface area (Å²) in [5.41, 5.74) is 5.35. The average molecular weight is 515 g/mol. The van der Waals surface area contributed by atoms with E-state index in [1.54, 1.807) is 56.4 Å². The van der Waals surface area contributed by atoms with E-state index in [1.807, 2.05) is 0 Å². The number of likely N-dealkylation sites (N-methyl/N-ethyl adjacent to an activating group) is 1. The molecule has 2 aromatic carbocycles. The number of halogens is 3. The fourth-order valence-corrected chi connectivity index (χ4v) is 4.31. The molecule has 0 bridgehead atoms. The fourth-order valence-electron chi connectivity index (χ4n) is 3.77. The molecule has 36 heavy (non-hydrogen) atoms. The van der Waals surface area contributed by atoms with Crippen molar-refractivity contribution < 1.29 is 21.9 Å². The van der Waals surface area contributed by atoms with Gasteiger partial charge in [0.05, 0.1) is 5.69 Å². The van der Waals surface area contributed by atoms with Gasteiger partial charge in [0.25, 0.3) is 0 Å². The van der Waals surface area contributed by atoms with Crippen LogP contribution in [-0.4, -0.2) is 54.5 Å². The summed E-state index contributed by atoms with van der Waals surface area (Å²) in [4.78, 5) is 9.87. The Morgan fingerprint density at radius 2 is 1.97 bits per heavy atom. The van der Waals surface area contributed by atoms with Crippen LogP contribution in [0.25, 0.3) is 17.0 Å². The highest BCUT2D eigenvalue weighted by atomic mass is 32.2. The van der Waals surface area contributed by atoms with E-state index in [4.69, 9.17) is 5.73 Å². The predicted molar refractivity (Wildman–Crippen MR) is 128 cm³/mol. The van der Waals surface area contributed by atoms with Gasteiger partial charge in [-0.3, -0.25) is 4.21 Å². The van der Waals surface area contributed by atoms with Crippen molar-refractivity contribution in [2.45, 2.75) is 18.5 Å². The number of aliphatic imine (C=N–C) groups is 1. The monoisotopic (exact) mass is 514 g/mol. The number of nitrogens with zero attached hydrogens (tertiary/aromatic N) is 6. The van der Waals surface area contributed by atoms with Gasteiger partial charge in [-0.1, -0.05) is 30.3 Å². The third-order valence-corrected chi connectivity index (χ3v) is 6.55. The van der Waals surface area contributed by atoms with Crippen molar-refractivity contribution in [3.63, 3.8) is 0 Å². The van der Waals surface area contributed by atoms with Crippen LogP contribution in [0.4, 0.5) is 24.5 Å². The average Bonchev–Trinajstić information content (AvgIpc) is 3.38. The van der Waals surface area contributed by atoms with Crippen LogP contribution in [-0.2, 0) is 11.1 Å². The van der Waals surface area contributed by atoms with Gasteiger partial charge >= 0.3 is 6.18 Å². The normalized spacial score (nSPS) is 16.1. The Hall–Kier alpha value is -3.86. The number of nitriles is 1. The van der Waals surface area contributed by atoms with Crippen molar-refractivity contribution in [1.29, 1.82) is 5.26 Å². The second-order valence-electron chi connectivity index (χ2n) is 7.86. The molecular formula is C23H19F3N7O2S-. The molecule has 2 atom stereocenters. The number of nitrogens with two attached hydrogens (primary N) is 1. The summed E-state index contributed by atoms with van der Waals surface area (Å²) in [6.07, 6.45) is -4.89. The van der Waals surface area contributed by atoms with Gasteiger partial charge in [-0.15, -0.1) is 5.10 Å². The van der Waals surface area contributed by atoms with Crippen LogP contribution < -0.4 is 10.6 Å². The minimum Gasteiger partial charge on any atom is -0.771 e. The van der Waals surface area contributed by atoms with Crippen molar-refractivity contribution in [3.8, 4) is 17.5 Å². The zero-order valence-electron chi connectivity index (χ0n) is 19.0. The molecule has 1 aliphatic rings. The predicted octanol–water partition coefficient (Wildman–Crippen LogP) is 3.29. The lowest BCUT2D eigenvalue weighted by Crippen LogP contribution is -2.41. The van der Waals surface area contributed by atoms with Gasteiger partial charge < -0.3 is 15.2 Å².